The van der Waals surface area contributed by atoms with Gasteiger partial charge in [0.2, 0.25) is 0 Å². The molecule has 2 aromatic rings. The van der Waals surface area contributed by atoms with Gasteiger partial charge in [-0.3, -0.25) is 4.79 Å². The Hall–Kier alpha value is -2.37. The highest BCUT2D eigenvalue weighted by atomic mass is 35.5. The molecule has 0 bridgehead atoms. The van der Waals surface area contributed by atoms with Crippen molar-refractivity contribution in [3.05, 3.63) is 70.2 Å². The molecule has 1 aliphatic rings. The van der Waals surface area contributed by atoms with Crippen LogP contribution in [-0.4, -0.2) is 22.6 Å². The van der Waals surface area contributed by atoms with Gasteiger partial charge in [-0.15, -0.1) is 0 Å². The molecule has 2 atom stereocenters. The first-order chi connectivity index (χ1) is 12.1. The Labute approximate surface area is 156 Å². The molecule has 2 aromatic carbocycles. The Bertz CT molecular complexity index is 857. The number of hydrogen-bond donors (Lipinski definition) is 2. The first-order valence-corrected chi connectivity index (χ1v) is 8.62. The molecule has 1 amide bonds. The van der Waals surface area contributed by atoms with Crippen LogP contribution in [0.3, 0.4) is 0 Å². The molecule has 3 rings (SSSR count). The molecule has 0 aliphatic heterocycles. The van der Waals surface area contributed by atoms with E-state index in [0.717, 1.165) is 0 Å². The minimum absolute atomic E-state index is 0.367. The number of ketones is 1. The molecular weight excluding hydrogens is 354 g/mol. The van der Waals surface area contributed by atoms with E-state index in [9.17, 15) is 14.7 Å². The number of hydrogen-bond acceptors (Lipinski definition) is 4. The highest BCUT2D eigenvalue weighted by Crippen LogP contribution is 2.46. The van der Waals surface area contributed by atoms with Crippen LogP contribution < -0.4 is 5.32 Å². The molecule has 0 fully saturated rings. The molecule has 6 heteroatoms. The molecule has 5 nitrogen and oxygen atoms in total. The van der Waals surface area contributed by atoms with Gasteiger partial charge in [-0.25, -0.2) is 4.79 Å². The van der Waals surface area contributed by atoms with Gasteiger partial charge in [0, 0.05) is 10.6 Å². The van der Waals surface area contributed by atoms with Crippen molar-refractivity contribution in [2.24, 2.45) is 0 Å². The Balaban J connectivity index is 2.11. The summed E-state index contributed by atoms with van der Waals surface area (Å²) >= 11 is 5.96. The second-order valence-electron chi connectivity index (χ2n) is 7.26. The molecule has 2 N–H and O–H groups in total. The molecule has 1 aliphatic carbocycles. The van der Waals surface area contributed by atoms with Crippen LogP contribution in [0, 0.1) is 0 Å². The number of aliphatic hydroxyl groups excluding tert-OH is 1. The monoisotopic (exact) mass is 373 g/mol. The minimum atomic E-state index is -1.67. The Morgan fingerprint density at radius 1 is 1.15 bits per heavy atom. The topological polar surface area (TPSA) is 75.6 Å². The Morgan fingerprint density at radius 3 is 2.35 bits per heavy atom. The SMILES string of the molecule is CC(C)(C)OC(=O)N[C@]1(c2ccc(Cl)cc2)C(=O)c2ccccc2[C@@H]1O. The largest absolute Gasteiger partial charge is 0.444 e. The number of amides is 1. The smallest absolute Gasteiger partial charge is 0.408 e. The van der Waals surface area contributed by atoms with E-state index in [1.807, 2.05) is 0 Å². The van der Waals surface area contributed by atoms with Gasteiger partial charge < -0.3 is 15.2 Å². The fourth-order valence-corrected chi connectivity index (χ4v) is 3.30. The molecule has 0 heterocycles. The normalized spacial score (nSPS) is 22.0. The van der Waals surface area contributed by atoms with Gasteiger partial charge >= 0.3 is 6.09 Å². The summed E-state index contributed by atoms with van der Waals surface area (Å²) in [6.07, 6.45) is -2.03. The quantitative estimate of drug-likeness (QED) is 0.834. The van der Waals surface area contributed by atoms with Crippen LogP contribution in [0.4, 0.5) is 4.79 Å². The highest BCUT2D eigenvalue weighted by Gasteiger charge is 2.55. The number of aliphatic hydroxyl groups is 1. The number of rotatable bonds is 2. The van der Waals surface area contributed by atoms with Crippen molar-refractivity contribution >= 4 is 23.5 Å². The van der Waals surface area contributed by atoms with Crippen molar-refractivity contribution < 1.29 is 19.4 Å². The summed E-state index contributed by atoms with van der Waals surface area (Å²) in [4.78, 5) is 25.7. The van der Waals surface area contributed by atoms with Gasteiger partial charge in [0.05, 0.1) is 0 Å². The van der Waals surface area contributed by atoms with Crippen molar-refractivity contribution in [2.45, 2.75) is 38.0 Å². The molecule has 0 saturated heterocycles. The highest BCUT2D eigenvalue weighted by molar-refractivity contribution is 6.30. The Morgan fingerprint density at radius 2 is 1.77 bits per heavy atom. The first kappa shape index (κ1) is 18.4. The van der Waals surface area contributed by atoms with E-state index in [2.05, 4.69) is 5.32 Å². The van der Waals surface area contributed by atoms with E-state index in [-0.39, 0.29) is 0 Å². The second kappa shape index (κ2) is 6.41. The number of ether oxygens (including phenoxy) is 1. The van der Waals surface area contributed by atoms with E-state index in [1.54, 1.807) is 69.3 Å². The summed E-state index contributed by atoms with van der Waals surface area (Å²) in [5.41, 5.74) is -1.16. The number of carbonyl (C=O) groups is 2. The third-order valence-corrected chi connectivity index (χ3v) is 4.52. The number of fused-ring (bicyclic) bond motifs is 1. The lowest BCUT2D eigenvalue weighted by atomic mass is 9.84. The summed E-state index contributed by atoms with van der Waals surface area (Å²) in [6, 6.07) is 13.2. The van der Waals surface area contributed by atoms with E-state index < -0.39 is 29.1 Å². The molecule has 0 radical (unpaired) electrons. The fourth-order valence-electron chi connectivity index (χ4n) is 3.18. The summed E-state index contributed by atoms with van der Waals surface area (Å²) in [5.74, 6) is -0.395. The van der Waals surface area contributed by atoms with Gasteiger partial charge in [0.1, 0.15) is 11.7 Å². The molecule has 0 aromatic heterocycles. The molecule has 136 valence electrons. The van der Waals surface area contributed by atoms with Crippen LogP contribution in [0.25, 0.3) is 0 Å². The van der Waals surface area contributed by atoms with E-state index in [4.69, 9.17) is 16.3 Å². The Kier molecular flexibility index (Phi) is 4.54. The average Bonchev–Trinajstić information content (AvgIpc) is 2.77. The number of benzene rings is 2. The fraction of sp³-hybridized carbons (Fsp3) is 0.300. The van der Waals surface area contributed by atoms with Crippen molar-refractivity contribution in [1.29, 1.82) is 0 Å². The lowest BCUT2D eigenvalue weighted by molar-refractivity contribution is 0.0237. The predicted octanol–water partition coefficient (Wildman–Crippen LogP) is 3.99. The third-order valence-electron chi connectivity index (χ3n) is 4.27. The van der Waals surface area contributed by atoms with Gasteiger partial charge in [-0.2, -0.15) is 0 Å². The van der Waals surface area contributed by atoms with Crippen molar-refractivity contribution in [2.75, 3.05) is 0 Å². The number of alkyl carbamates (subject to hydrolysis) is 1. The predicted molar refractivity (Wildman–Crippen MR) is 98.2 cm³/mol. The summed E-state index contributed by atoms with van der Waals surface area (Å²) in [5, 5.41) is 14.1. The maximum absolute atomic E-state index is 13.3. The standard InChI is InChI=1S/C20H20ClNO4/c1-19(2,3)26-18(25)22-20(12-8-10-13(21)11-9-12)16(23)14-6-4-5-7-15(14)17(20)24/h4-11,16,23H,1-3H3,(H,22,25)/t16-,20-/m0/s1. The van der Waals surface area contributed by atoms with Crippen LogP contribution in [0.2, 0.25) is 5.02 Å². The van der Waals surface area contributed by atoms with Crippen LogP contribution in [0.15, 0.2) is 48.5 Å². The van der Waals surface area contributed by atoms with E-state index >= 15 is 0 Å². The minimum Gasteiger partial charge on any atom is -0.444 e. The summed E-state index contributed by atoms with van der Waals surface area (Å²) in [6.45, 7) is 5.18. The van der Waals surface area contributed by atoms with E-state index in [0.29, 0.717) is 21.7 Å². The third kappa shape index (κ3) is 3.08. The lowest BCUT2D eigenvalue weighted by Gasteiger charge is -2.33. The van der Waals surface area contributed by atoms with Crippen LogP contribution in [0.1, 0.15) is 48.4 Å². The molecule has 0 saturated carbocycles. The maximum Gasteiger partial charge on any atom is 0.408 e. The van der Waals surface area contributed by atoms with Crippen molar-refractivity contribution in [1.82, 2.24) is 5.32 Å². The van der Waals surface area contributed by atoms with Gasteiger partial charge in [0.25, 0.3) is 0 Å². The van der Waals surface area contributed by atoms with Crippen LogP contribution >= 0.6 is 11.6 Å². The molecule has 0 unspecified atom stereocenters. The number of Topliss-reactive ketones (excluding diaryl/α,β-unsaturated/α-hetero) is 1. The van der Waals surface area contributed by atoms with Gasteiger partial charge in [-0.05, 0) is 44.0 Å². The van der Waals surface area contributed by atoms with Crippen molar-refractivity contribution in [3.63, 3.8) is 0 Å². The first-order valence-electron chi connectivity index (χ1n) is 8.24. The maximum atomic E-state index is 13.3. The number of carbonyl (C=O) groups excluding carboxylic acids is 2. The van der Waals surface area contributed by atoms with Crippen LogP contribution in [0.5, 0.6) is 0 Å². The zero-order chi connectivity index (χ0) is 19.1. The average molecular weight is 374 g/mol. The van der Waals surface area contributed by atoms with E-state index in [1.165, 1.54) is 0 Å². The summed E-state index contributed by atoms with van der Waals surface area (Å²) < 4.78 is 5.33. The lowest BCUT2D eigenvalue weighted by Crippen LogP contribution is -2.53. The second-order valence-corrected chi connectivity index (χ2v) is 7.70. The zero-order valence-electron chi connectivity index (χ0n) is 14.7. The number of halogens is 1. The van der Waals surface area contributed by atoms with Gasteiger partial charge in [-0.1, -0.05) is 48.0 Å². The number of nitrogens with one attached hydrogen (secondary N) is 1. The molecule has 26 heavy (non-hydrogen) atoms. The van der Waals surface area contributed by atoms with Crippen molar-refractivity contribution in [3.8, 4) is 0 Å². The van der Waals surface area contributed by atoms with Gasteiger partial charge in [0.15, 0.2) is 11.3 Å². The van der Waals surface area contributed by atoms with Crippen LogP contribution in [-0.2, 0) is 10.3 Å². The zero-order valence-corrected chi connectivity index (χ0v) is 15.5. The summed E-state index contributed by atoms with van der Waals surface area (Å²) in [7, 11) is 0. The molecular formula is C20H20ClNO4. The molecule has 0 spiro atoms.